The van der Waals surface area contributed by atoms with E-state index >= 15 is 0 Å². The average molecular weight is 325 g/mol. The van der Waals surface area contributed by atoms with Crippen LogP contribution in [0.4, 0.5) is 11.4 Å². The summed E-state index contributed by atoms with van der Waals surface area (Å²) in [5.41, 5.74) is 3.18. The van der Waals surface area contributed by atoms with Crippen molar-refractivity contribution in [3.63, 3.8) is 0 Å². The van der Waals surface area contributed by atoms with Gasteiger partial charge in [-0.25, -0.2) is 0 Å². The van der Waals surface area contributed by atoms with Crippen LogP contribution in [-0.2, 0) is 4.79 Å². The molecule has 0 aromatic heterocycles. The maximum absolute atomic E-state index is 12.0. The zero-order chi connectivity index (χ0) is 17.5. The van der Waals surface area contributed by atoms with Crippen LogP contribution in [0.15, 0.2) is 48.5 Å². The number of rotatable bonds is 6. The fourth-order valence-corrected chi connectivity index (χ4v) is 2.14. The summed E-state index contributed by atoms with van der Waals surface area (Å²) in [6.45, 7) is 5.98. The largest absolute Gasteiger partial charge is 0.376 e. The minimum absolute atomic E-state index is 0.0643. The van der Waals surface area contributed by atoms with E-state index in [1.807, 2.05) is 45.0 Å². The van der Waals surface area contributed by atoms with Crippen molar-refractivity contribution in [3.8, 4) is 0 Å². The molecule has 0 spiro atoms. The van der Waals surface area contributed by atoms with E-state index < -0.39 is 0 Å². The summed E-state index contributed by atoms with van der Waals surface area (Å²) in [6, 6.07) is 14.8. The van der Waals surface area contributed by atoms with Gasteiger partial charge >= 0.3 is 0 Å². The third kappa shape index (κ3) is 5.43. The Morgan fingerprint density at radius 1 is 1.00 bits per heavy atom. The van der Waals surface area contributed by atoms with Crippen molar-refractivity contribution in [1.82, 2.24) is 5.32 Å². The van der Waals surface area contributed by atoms with Crippen molar-refractivity contribution >= 4 is 23.2 Å². The topological polar surface area (TPSA) is 70.2 Å². The van der Waals surface area contributed by atoms with Gasteiger partial charge in [-0.2, -0.15) is 0 Å². The Kier molecular flexibility index (Phi) is 5.95. The first-order chi connectivity index (χ1) is 11.4. The molecule has 0 heterocycles. The highest BCUT2D eigenvalue weighted by molar-refractivity contribution is 5.98. The summed E-state index contributed by atoms with van der Waals surface area (Å²) in [7, 11) is 0. The Morgan fingerprint density at radius 2 is 1.71 bits per heavy atom. The third-order valence-corrected chi connectivity index (χ3v) is 3.33. The molecule has 2 aromatic carbocycles. The lowest BCUT2D eigenvalue weighted by Crippen LogP contribution is -2.30. The standard InChI is InChI=1S/C19H23N3O2/c1-13(2)21-19(24)15-5-4-6-17(11-15)22-18(23)12-20-16-9-7-14(3)8-10-16/h4-11,13,20H,12H2,1-3H3,(H,21,24)(H,22,23). The van der Waals surface area contributed by atoms with Crippen LogP contribution in [0, 0.1) is 6.92 Å². The molecule has 3 N–H and O–H groups in total. The highest BCUT2D eigenvalue weighted by atomic mass is 16.2. The second-order valence-corrected chi connectivity index (χ2v) is 5.98. The number of aryl methyl sites for hydroxylation is 1. The SMILES string of the molecule is Cc1ccc(NCC(=O)Nc2cccc(C(=O)NC(C)C)c2)cc1. The minimum Gasteiger partial charge on any atom is -0.376 e. The van der Waals surface area contributed by atoms with E-state index in [0.29, 0.717) is 11.3 Å². The lowest BCUT2D eigenvalue weighted by molar-refractivity contribution is -0.114. The monoisotopic (exact) mass is 325 g/mol. The molecule has 2 rings (SSSR count). The van der Waals surface area contributed by atoms with Crippen molar-refractivity contribution in [2.45, 2.75) is 26.8 Å². The van der Waals surface area contributed by atoms with Gasteiger partial charge in [-0.15, -0.1) is 0 Å². The van der Waals surface area contributed by atoms with Crippen LogP contribution < -0.4 is 16.0 Å². The smallest absolute Gasteiger partial charge is 0.251 e. The number of hydrogen-bond donors (Lipinski definition) is 3. The maximum atomic E-state index is 12.0. The van der Waals surface area contributed by atoms with Gasteiger partial charge in [0.25, 0.3) is 5.91 Å². The summed E-state index contributed by atoms with van der Waals surface area (Å²) in [6.07, 6.45) is 0. The predicted molar refractivity (Wildman–Crippen MR) is 97.3 cm³/mol. The predicted octanol–water partition coefficient (Wildman–Crippen LogP) is 3.18. The molecule has 0 saturated carbocycles. The number of anilines is 2. The molecule has 0 fully saturated rings. The summed E-state index contributed by atoms with van der Waals surface area (Å²) < 4.78 is 0. The van der Waals surface area contributed by atoms with Gasteiger partial charge < -0.3 is 16.0 Å². The van der Waals surface area contributed by atoms with Crippen LogP contribution in [0.2, 0.25) is 0 Å². The quantitative estimate of drug-likeness (QED) is 0.764. The van der Waals surface area contributed by atoms with E-state index in [1.165, 1.54) is 5.56 Å². The summed E-state index contributed by atoms with van der Waals surface area (Å²) in [5, 5.41) is 8.68. The van der Waals surface area contributed by atoms with Crippen molar-refractivity contribution in [3.05, 3.63) is 59.7 Å². The molecule has 0 unspecified atom stereocenters. The molecule has 0 saturated heterocycles. The second kappa shape index (κ2) is 8.15. The molecule has 24 heavy (non-hydrogen) atoms. The molecule has 2 aromatic rings. The van der Waals surface area contributed by atoms with Crippen molar-refractivity contribution in [1.29, 1.82) is 0 Å². The fraction of sp³-hybridized carbons (Fsp3) is 0.263. The minimum atomic E-state index is -0.169. The first-order valence-electron chi connectivity index (χ1n) is 7.95. The number of carbonyl (C=O) groups excluding carboxylic acids is 2. The van der Waals surface area contributed by atoms with Crippen LogP contribution in [0.25, 0.3) is 0 Å². The Hall–Kier alpha value is -2.82. The summed E-state index contributed by atoms with van der Waals surface area (Å²) in [5.74, 6) is -0.323. The van der Waals surface area contributed by atoms with Gasteiger partial charge in [-0.3, -0.25) is 9.59 Å². The van der Waals surface area contributed by atoms with Gasteiger partial charge in [0.15, 0.2) is 0 Å². The number of benzene rings is 2. The average Bonchev–Trinajstić information content (AvgIpc) is 2.54. The van der Waals surface area contributed by atoms with Gasteiger partial charge in [0.1, 0.15) is 0 Å². The Bertz CT molecular complexity index is 709. The molecule has 0 aliphatic rings. The van der Waals surface area contributed by atoms with Gasteiger partial charge in [0.05, 0.1) is 6.54 Å². The van der Waals surface area contributed by atoms with Gasteiger partial charge in [0, 0.05) is 23.0 Å². The van der Waals surface area contributed by atoms with Crippen molar-refractivity contribution < 1.29 is 9.59 Å². The van der Waals surface area contributed by atoms with E-state index in [1.54, 1.807) is 24.3 Å². The summed E-state index contributed by atoms with van der Waals surface area (Å²) in [4.78, 5) is 24.0. The van der Waals surface area contributed by atoms with Crippen molar-refractivity contribution in [2.24, 2.45) is 0 Å². The molecule has 126 valence electrons. The second-order valence-electron chi connectivity index (χ2n) is 5.98. The Balaban J connectivity index is 1.91. The van der Waals surface area contributed by atoms with E-state index in [9.17, 15) is 9.59 Å². The molecular weight excluding hydrogens is 302 g/mol. The molecule has 0 radical (unpaired) electrons. The number of nitrogens with one attached hydrogen (secondary N) is 3. The summed E-state index contributed by atoms with van der Waals surface area (Å²) >= 11 is 0. The molecule has 0 aliphatic carbocycles. The lowest BCUT2D eigenvalue weighted by Gasteiger charge is -2.11. The highest BCUT2D eigenvalue weighted by Crippen LogP contribution is 2.12. The van der Waals surface area contributed by atoms with Crippen LogP contribution in [0.5, 0.6) is 0 Å². The normalized spacial score (nSPS) is 10.3. The number of carbonyl (C=O) groups is 2. The molecule has 0 aliphatic heterocycles. The van der Waals surface area contributed by atoms with E-state index in [-0.39, 0.29) is 24.4 Å². The zero-order valence-electron chi connectivity index (χ0n) is 14.2. The van der Waals surface area contributed by atoms with Crippen molar-refractivity contribution in [2.75, 3.05) is 17.2 Å². The molecule has 0 atom stereocenters. The van der Waals surface area contributed by atoms with Crippen LogP contribution in [-0.4, -0.2) is 24.4 Å². The molecular formula is C19H23N3O2. The molecule has 0 bridgehead atoms. The van der Waals surface area contributed by atoms with E-state index in [2.05, 4.69) is 16.0 Å². The third-order valence-electron chi connectivity index (χ3n) is 3.33. The lowest BCUT2D eigenvalue weighted by atomic mass is 10.1. The van der Waals surface area contributed by atoms with Gasteiger partial charge in [0.2, 0.25) is 5.91 Å². The maximum Gasteiger partial charge on any atom is 0.251 e. The van der Waals surface area contributed by atoms with E-state index in [4.69, 9.17) is 0 Å². The van der Waals surface area contributed by atoms with Crippen LogP contribution in [0.1, 0.15) is 29.8 Å². The van der Waals surface area contributed by atoms with Gasteiger partial charge in [-0.05, 0) is 51.1 Å². The number of amides is 2. The number of hydrogen-bond acceptors (Lipinski definition) is 3. The van der Waals surface area contributed by atoms with Crippen LogP contribution in [0.3, 0.4) is 0 Å². The van der Waals surface area contributed by atoms with Crippen LogP contribution >= 0.6 is 0 Å². The Labute approximate surface area is 142 Å². The molecule has 5 nitrogen and oxygen atoms in total. The molecule has 5 heteroatoms. The van der Waals surface area contributed by atoms with E-state index in [0.717, 1.165) is 5.69 Å². The Morgan fingerprint density at radius 3 is 2.38 bits per heavy atom. The molecule has 2 amide bonds. The zero-order valence-corrected chi connectivity index (χ0v) is 14.2. The highest BCUT2D eigenvalue weighted by Gasteiger charge is 2.09. The van der Waals surface area contributed by atoms with Gasteiger partial charge in [-0.1, -0.05) is 23.8 Å². The first-order valence-corrected chi connectivity index (χ1v) is 7.95. The fourth-order valence-electron chi connectivity index (χ4n) is 2.14. The first kappa shape index (κ1) is 17.5.